The van der Waals surface area contributed by atoms with Crippen molar-refractivity contribution in [1.29, 1.82) is 0 Å². The van der Waals surface area contributed by atoms with Crippen LogP contribution in [0.25, 0.3) is 0 Å². The van der Waals surface area contributed by atoms with Crippen LogP contribution in [-0.4, -0.2) is 35.7 Å². The molecular weight excluding hydrogens is 358 g/mol. The number of hydrogen-bond acceptors (Lipinski definition) is 7. The molecule has 0 unspecified atom stereocenters. The van der Waals surface area contributed by atoms with Gasteiger partial charge in [0, 0.05) is 29.3 Å². The molecule has 134 valence electrons. The summed E-state index contributed by atoms with van der Waals surface area (Å²) >= 11 is 1.66. The Morgan fingerprint density at radius 2 is 2.04 bits per heavy atom. The van der Waals surface area contributed by atoms with Crippen LogP contribution in [0.15, 0.2) is 47.4 Å². The molecule has 2 aromatic rings. The highest BCUT2D eigenvalue weighted by Crippen LogP contribution is 2.34. The Hall–Kier alpha value is -3.07. The molecular formula is C17H15N3O5S. The van der Waals surface area contributed by atoms with Gasteiger partial charge in [0.1, 0.15) is 0 Å². The first-order valence-electron chi connectivity index (χ1n) is 7.70. The first-order chi connectivity index (χ1) is 12.5. The van der Waals surface area contributed by atoms with Crippen molar-refractivity contribution in [1.82, 2.24) is 0 Å². The zero-order valence-corrected chi connectivity index (χ0v) is 14.4. The number of nitro groups is 1. The SMILES string of the molecule is Nc1cc([N+](=O)[O-])ccc1C(=O)OCC(=O)N1CCSc2ccccc21. The van der Waals surface area contributed by atoms with E-state index in [1.807, 2.05) is 24.3 Å². The highest BCUT2D eigenvalue weighted by Gasteiger charge is 2.24. The second-order valence-corrected chi connectivity index (χ2v) is 6.60. The van der Waals surface area contributed by atoms with E-state index in [1.54, 1.807) is 16.7 Å². The number of carbonyl (C=O) groups is 2. The van der Waals surface area contributed by atoms with Crippen molar-refractivity contribution in [2.45, 2.75) is 4.90 Å². The third kappa shape index (κ3) is 3.62. The minimum absolute atomic E-state index is 0.0157. The van der Waals surface area contributed by atoms with Crippen LogP contribution in [0.3, 0.4) is 0 Å². The summed E-state index contributed by atoms with van der Waals surface area (Å²) in [5.41, 5.74) is 6.15. The number of ether oxygens (including phenoxy) is 1. The highest BCUT2D eigenvalue weighted by molar-refractivity contribution is 7.99. The third-order valence-electron chi connectivity index (χ3n) is 3.82. The van der Waals surface area contributed by atoms with Crippen molar-refractivity contribution >= 4 is 40.7 Å². The number of nitrogens with zero attached hydrogens (tertiary/aromatic N) is 2. The van der Waals surface area contributed by atoms with Crippen LogP contribution in [-0.2, 0) is 9.53 Å². The lowest BCUT2D eigenvalue weighted by Gasteiger charge is -2.28. The number of rotatable bonds is 4. The van der Waals surface area contributed by atoms with E-state index in [0.29, 0.717) is 6.54 Å². The van der Waals surface area contributed by atoms with E-state index in [2.05, 4.69) is 0 Å². The van der Waals surface area contributed by atoms with Gasteiger partial charge in [-0.25, -0.2) is 4.79 Å². The van der Waals surface area contributed by atoms with Gasteiger partial charge in [-0.15, -0.1) is 11.8 Å². The maximum Gasteiger partial charge on any atom is 0.340 e. The quantitative estimate of drug-likeness (QED) is 0.379. The smallest absolute Gasteiger partial charge is 0.340 e. The fourth-order valence-electron chi connectivity index (χ4n) is 2.56. The van der Waals surface area contributed by atoms with Crippen molar-refractivity contribution in [2.24, 2.45) is 0 Å². The summed E-state index contributed by atoms with van der Waals surface area (Å²) in [4.78, 5) is 37.3. The predicted octanol–water partition coefficient (Wildman–Crippen LogP) is 2.47. The molecule has 0 aliphatic carbocycles. The summed E-state index contributed by atoms with van der Waals surface area (Å²) in [6.07, 6.45) is 0. The van der Waals surface area contributed by atoms with Gasteiger partial charge >= 0.3 is 5.97 Å². The normalized spacial score (nSPS) is 13.0. The molecule has 0 aromatic heterocycles. The largest absolute Gasteiger partial charge is 0.452 e. The van der Waals surface area contributed by atoms with Gasteiger partial charge < -0.3 is 15.4 Å². The van der Waals surface area contributed by atoms with Crippen LogP contribution in [0.2, 0.25) is 0 Å². The lowest BCUT2D eigenvalue weighted by molar-refractivity contribution is -0.384. The highest BCUT2D eigenvalue weighted by atomic mass is 32.2. The number of thioether (sulfide) groups is 1. The number of fused-ring (bicyclic) bond motifs is 1. The number of benzene rings is 2. The molecule has 1 aliphatic heterocycles. The number of nitrogen functional groups attached to an aromatic ring is 1. The summed E-state index contributed by atoms with van der Waals surface area (Å²) in [5.74, 6) is -0.386. The third-order valence-corrected chi connectivity index (χ3v) is 4.87. The summed E-state index contributed by atoms with van der Waals surface area (Å²) in [6, 6.07) is 11.0. The number of nitro benzene ring substituents is 1. The van der Waals surface area contributed by atoms with E-state index in [-0.39, 0.29) is 22.8 Å². The molecule has 0 atom stereocenters. The Kier molecular flexibility index (Phi) is 5.08. The zero-order valence-electron chi connectivity index (χ0n) is 13.6. The topological polar surface area (TPSA) is 116 Å². The summed E-state index contributed by atoms with van der Waals surface area (Å²) in [7, 11) is 0. The number of anilines is 2. The van der Waals surface area contributed by atoms with E-state index in [1.165, 1.54) is 6.07 Å². The van der Waals surface area contributed by atoms with Crippen LogP contribution in [0.1, 0.15) is 10.4 Å². The van der Waals surface area contributed by atoms with E-state index >= 15 is 0 Å². The second-order valence-electron chi connectivity index (χ2n) is 5.47. The van der Waals surface area contributed by atoms with Crippen LogP contribution >= 0.6 is 11.8 Å². The fourth-order valence-corrected chi connectivity index (χ4v) is 3.56. The molecule has 1 amide bonds. The van der Waals surface area contributed by atoms with Crippen molar-refractivity contribution in [2.75, 3.05) is 29.5 Å². The average Bonchev–Trinajstić information content (AvgIpc) is 2.65. The minimum Gasteiger partial charge on any atom is -0.452 e. The summed E-state index contributed by atoms with van der Waals surface area (Å²) < 4.78 is 5.05. The summed E-state index contributed by atoms with van der Waals surface area (Å²) in [6.45, 7) is 0.0893. The Morgan fingerprint density at radius 1 is 1.27 bits per heavy atom. The first kappa shape index (κ1) is 17.7. The Balaban J connectivity index is 1.67. The molecule has 0 saturated heterocycles. The molecule has 0 radical (unpaired) electrons. The molecule has 9 heteroatoms. The Morgan fingerprint density at radius 3 is 2.77 bits per heavy atom. The number of nitrogens with two attached hydrogens (primary N) is 1. The van der Waals surface area contributed by atoms with E-state index in [9.17, 15) is 19.7 Å². The number of para-hydroxylation sites is 1. The molecule has 0 saturated carbocycles. The van der Waals surface area contributed by atoms with Crippen LogP contribution < -0.4 is 10.6 Å². The van der Waals surface area contributed by atoms with Crippen molar-refractivity contribution in [3.05, 3.63) is 58.1 Å². The van der Waals surface area contributed by atoms with Gasteiger partial charge in [-0.05, 0) is 18.2 Å². The minimum atomic E-state index is -0.801. The van der Waals surface area contributed by atoms with Gasteiger partial charge in [0.25, 0.3) is 11.6 Å². The van der Waals surface area contributed by atoms with E-state index in [4.69, 9.17) is 10.5 Å². The van der Waals surface area contributed by atoms with Crippen molar-refractivity contribution in [3.8, 4) is 0 Å². The number of esters is 1. The van der Waals surface area contributed by atoms with E-state index < -0.39 is 17.5 Å². The molecule has 0 spiro atoms. The van der Waals surface area contributed by atoms with Crippen molar-refractivity contribution < 1.29 is 19.2 Å². The predicted molar refractivity (Wildman–Crippen MR) is 97.3 cm³/mol. The fraction of sp³-hybridized carbons (Fsp3) is 0.176. The maximum atomic E-state index is 12.4. The first-order valence-corrected chi connectivity index (χ1v) is 8.69. The molecule has 0 fully saturated rings. The van der Waals surface area contributed by atoms with Crippen LogP contribution in [0.5, 0.6) is 0 Å². The van der Waals surface area contributed by atoms with Crippen molar-refractivity contribution in [3.63, 3.8) is 0 Å². The van der Waals surface area contributed by atoms with Gasteiger partial charge in [0.05, 0.1) is 21.9 Å². The maximum absolute atomic E-state index is 12.4. The molecule has 2 N–H and O–H groups in total. The van der Waals surface area contributed by atoms with Crippen LogP contribution in [0.4, 0.5) is 17.1 Å². The zero-order chi connectivity index (χ0) is 18.7. The lowest BCUT2D eigenvalue weighted by atomic mass is 10.1. The van der Waals surface area contributed by atoms with Gasteiger partial charge in [0.15, 0.2) is 6.61 Å². The molecule has 8 nitrogen and oxygen atoms in total. The Bertz CT molecular complexity index is 886. The van der Waals surface area contributed by atoms with Gasteiger partial charge in [-0.2, -0.15) is 0 Å². The molecule has 1 aliphatic rings. The van der Waals surface area contributed by atoms with Gasteiger partial charge in [0.2, 0.25) is 0 Å². The van der Waals surface area contributed by atoms with Gasteiger partial charge in [-0.3, -0.25) is 14.9 Å². The molecule has 26 heavy (non-hydrogen) atoms. The number of hydrogen-bond donors (Lipinski definition) is 1. The monoisotopic (exact) mass is 373 g/mol. The standard InChI is InChI=1S/C17H15N3O5S/c18-13-9-11(20(23)24)5-6-12(13)17(22)25-10-16(21)19-7-8-26-15-4-2-1-3-14(15)19/h1-6,9H,7-8,10,18H2. The van der Waals surface area contributed by atoms with Crippen LogP contribution in [0, 0.1) is 10.1 Å². The lowest BCUT2D eigenvalue weighted by Crippen LogP contribution is -2.38. The molecule has 2 aromatic carbocycles. The van der Waals surface area contributed by atoms with E-state index in [0.717, 1.165) is 28.5 Å². The summed E-state index contributed by atoms with van der Waals surface area (Å²) in [5, 5.41) is 10.7. The number of non-ortho nitro benzene ring substituents is 1. The Labute approximate surface area is 153 Å². The second kappa shape index (κ2) is 7.44. The number of amides is 1. The van der Waals surface area contributed by atoms with Gasteiger partial charge in [-0.1, -0.05) is 12.1 Å². The number of carbonyl (C=O) groups excluding carboxylic acids is 2. The molecule has 3 rings (SSSR count). The average molecular weight is 373 g/mol. The molecule has 0 bridgehead atoms. The molecule has 1 heterocycles.